The minimum absolute atomic E-state index is 0.0591. The predicted octanol–water partition coefficient (Wildman–Crippen LogP) is 1.34. The summed E-state index contributed by atoms with van der Waals surface area (Å²) < 4.78 is 0. The standard InChI is InChI=1S/C12H16N2O/c1-8(7-13)11-9-5-3-4-6-10(9)14(2)12(11)15/h3-6,8,11H,7,13H2,1-2H3/t8-,11-/m1/s1. The molecule has 2 N–H and O–H groups in total. The molecule has 1 aliphatic heterocycles. The first kappa shape index (κ1) is 10.2. The number of fused-ring (bicyclic) bond motifs is 1. The second-order valence-corrected chi connectivity index (χ2v) is 4.15. The van der Waals surface area contributed by atoms with Gasteiger partial charge in [0.05, 0.1) is 5.92 Å². The molecule has 1 amide bonds. The number of para-hydroxylation sites is 1. The molecule has 1 aromatic rings. The average Bonchev–Trinajstić information content (AvgIpc) is 2.52. The molecule has 1 aliphatic rings. The van der Waals surface area contributed by atoms with Gasteiger partial charge in [0, 0.05) is 12.7 Å². The molecule has 0 fully saturated rings. The Balaban J connectivity index is 2.47. The van der Waals surface area contributed by atoms with Crippen LogP contribution in [0.5, 0.6) is 0 Å². The zero-order valence-electron chi connectivity index (χ0n) is 9.10. The summed E-state index contributed by atoms with van der Waals surface area (Å²) in [5, 5.41) is 0. The quantitative estimate of drug-likeness (QED) is 0.790. The first-order valence-electron chi connectivity index (χ1n) is 5.23. The molecule has 0 unspecified atom stereocenters. The summed E-state index contributed by atoms with van der Waals surface area (Å²) >= 11 is 0. The first-order valence-corrected chi connectivity index (χ1v) is 5.23. The summed E-state index contributed by atoms with van der Waals surface area (Å²) in [6, 6.07) is 7.93. The Hall–Kier alpha value is -1.35. The maximum Gasteiger partial charge on any atom is 0.234 e. The van der Waals surface area contributed by atoms with Crippen molar-refractivity contribution in [3.63, 3.8) is 0 Å². The van der Waals surface area contributed by atoms with E-state index in [2.05, 4.69) is 0 Å². The van der Waals surface area contributed by atoms with Crippen LogP contribution in [-0.2, 0) is 4.79 Å². The zero-order valence-corrected chi connectivity index (χ0v) is 9.10. The van der Waals surface area contributed by atoms with Gasteiger partial charge < -0.3 is 10.6 Å². The molecule has 3 heteroatoms. The van der Waals surface area contributed by atoms with Crippen LogP contribution in [0.1, 0.15) is 18.4 Å². The smallest absolute Gasteiger partial charge is 0.234 e. The van der Waals surface area contributed by atoms with Crippen LogP contribution in [0.3, 0.4) is 0 Å². The van der Waals surface area contributed by atoms with Gasteiger partial charge in [-0.1, -0.05) is 25.1 Å². The minimum atomic E-state index is -0.0591. The van der Waals surface area contributed by atoms with Crippen molar-refractivity contribution in [1.29, 1.82) is 0 Å². The summed E-state index contributed by atoms with van der Waals surface area (Å²) in [4.78, 5) is 13.8. The van der Waals surface area contributed by atoms with Gasteiger partial charge in [0.2, 0.25) is 5.91 Å². The van der Waals surface area contributed by atoms with E-state index in [-0.39, 0.29) is 17.7 Å². The highest BCUT2D eigenvalue weighted by Crippen LogP contribution is 2.39. The van der Waals surface area contributed by atoms with Gasteiger partial charge in [-0.2, -0.15) is 0 Å². The largest absolute Gasteiger partial charge is 0.330 e. The second kappa shape index (κ2) is 3.66. The number of hydrogen-bond donors (Lipinski definition) is 1. The number of carbonyl (C=O) groups excluding carboxylic acids is 1. The van der Waals surface area contributed by atoms with Crippen molar-refractivity contribution >= 4 is 11.6 Å². The van der Waals surface area contributed by atoms with Crippen LogP contribution in [0.25, 0.3) is 0 Å². The van der Waals surface area contributed by atoms with Crippen molar-refractivity contribution < 1.29 is 4.79 Å². The van der Waals surface area contributed by atoms with Crippen molar-refractivity contribution in [2.24, 2.45) is 11.7 Å². The number of likely N-dealkylation sites (N-methyl/N-ethyl adjacent to an activating group) is 1. The number of hydrogen-bond acceptors (Lipinski definition) is 2. The molecule has 0 radical (unpaired) electrons. The lowest BCUT2D eigenvalue weighted by Gasteiger charge is -2.16. The molecule has 0 saturated carbocycles. The number of benzene rings is 1. The number of nitrogens with two attached hydrogens (primary N) is 1. The molecule has 0 saturated heterocycles. The van der Waals surface area contributed by atoms with Gasteiger partial charge in [-0.15, -0.1) is 0 Å². The van der Waals surface area contributed by atoms with Gasteiger partial charge in [-0.25, -0.2) is 0 Å². The lowest BCUT2D eigenvalue weighted by atomic mass is 9.88. The van der Waals surface area contributed by atoms with Crippen molar-refractivity contribution in [1.82, 2.24) is 0 Å². The number of rotatable bonds is 2. The Labute approximate surface area is 89.9 Å². The highest BCUT2D eigenvalue weighted by molar-refractivity contribution is 6.04. The highest BCUT2D eigenvalue weighted by Gasteiger charge is 2.37. The third-order valence-corrected chi connectivity index (χ3v) is 3.17. The van der Waals surface area contributed by atoms with Crippen molar-refractivity contribution in [3.8, 4) is 0 Å². The van der Waals surface area contributed by atoms with E-state index in [1.165, 1.54) is 0 Å². The fraction of sp³-hybridized carbons (Fsp3) is 0.417. The Morgan fingerprint density at radius 2 is 2.13 bits per heavy atom. The maximum atomic E-state index is 12.0. The van der Waals surface area contributed by atoms with Crippen LogP contribution in [-0.4, -0.2) is 19.5 Å². The molecule has 2 rings (SSSR count). The zero-order chi connectivity index (χ0) is 11.0. The molecular formula is C12H16N2O. The molecule has 1 heterocycles. The summed E-state index contributed by atoms with van der Waals surface area (Å²) in [6.07, 6.45) is 0. The van der Waals surface area contributed by atoms with Crippen molar-refractivity contribution in [2.45, 2.75) is 12.8 Å². The average molecular weight is 204 g/mol. The van der Waals surface area contributed by atoms with Crippen molar-refractivity contribution in [2.75, 3.05) is 18.5 Å². The minimum Gasteiger partial charge on any atom is -0.330 e. The highest BCUT2D eigenvalue weighted by atomic mass is 16.2. The molecule has 0 bridgehead atoms. The summed E-state index contributed by atoms with van der Waals surface area (Å²) in [5.41, 5.74) is 7.78. The van der Waals surface area contributed by atoms with E-state index >= 15 is 0 Å². The number of carbonyl (C=O) groups is 1. The van der Waals surface area contributed by atoms with Gasteiger partial charge in [-0.3, -0.25) is 4.79 Å². The van der Waals surface area contributed by atoms with E-state index in [4.69, 9.17) is 5.73 Å². The first-order chi connectivity index (χ1) is 7.16. The number of anilines is 1. The van der Waals surface area contributed by atoms with Crippen molar-refractivity contribution in [3.05, 3.63) is 29.8 Å². The van der Waals surface area contributed by atoms with E-state index in [0.717, 1.165) is 11.3 Å². The third kappa shape index (κ3) is 1.43. The van der Waals surface area contributed by atoms with Crippen LogP contribution >= 0.6 is 0 Å². The van der Waals surface area contributed by atoms with Crippen LogP contribution in [0.4, 0.5) is 5.69 Å². The normalized spacial score (nSPS) is 21.7. The third-order valence-electron chi connectivity index (χ3n) is 3.17. The Bertz CT molecular complexity index is 389. The Kier molecular flexibility index (Phi) is 2.49. The molecule has 0 aliphatic carbocycles. The molecule has 0 spiro atoms. The molecular weight excluding hydrogens is 188 g/mol. The van der Waals surface area contributed by atoms with Gasteiger partial charge >= 0.3 is 0 Å². The molecule has 15 heavy (non-hydrogen) atoms. The monoisotopic (exact) mass is 204 g/mol. The SMILES string of the molecule is C[C@H](CN)[C@H]1C(=O)N(C)c2ccccc21. The van der Waals surface area contributed by atoms with Crippen LogP contribution < -0.4 is 10.6 Å². The van der Waals surface area contributed by atoms with Gasteiger partial charge in [0.1, 0.15) is 0 Å². The summed E-state index contributed by atoms with van der Waals surface area (Å²) in [7, 11) is 1.82. The lowest BCUT2D eigenvalue weighted by Crippen LogP contribution is -2.29. The van der Waals surface area contributed by atoms with E-state index in [1.807, 2.05) is 38.2 Å². The molecule has 80 valence electrons. The number of amides is 1. The van der Waals surface area contributed by atoms with Crippen LogP contribution in [0, 0.1) is 5.92 Å². The number of nitrogens with zero attached hydrogens (tertiary/aromatic N) is 1. The lowest BCUT2D eigenvalue weighted by molar-refractivity contribution is -0.119. The van der Waals surface area contributed by atoms with E-state index < -0.39 is 0 Å². The van der Waals surface area contributed by atoms with Gasteiger partial charge in [0.25, 0.3) is 0 Å². The Morgan fingerprint density at radius 1 is 1.47 bits per heavy atom. The fourth-order valence-electron chi connectivity index (χ4n) is 2.20. The Morgan fingerprint density at radius 3 is 2.80 bits per heavy atom. The van der Waals surface area contributed by atoms with Crippen LogP contribution in [0.15, 0.2) is 24.3 Å². The van der Waals surface area contributed by atoms with Crippen LogP contribution in [0.2, 0.25) is 0 Å². The fourth-order valence-corrected chi connectivity index (χ4v) is 2.20. The second-order valence-electron chi connectivity index (χ2n) is 4.15. The van der Waals surface area contributed by atoms with E-state index in [0.29, 0.717) is 6.54 Å². The molecule has 3 nitrogen and oxygen atoms in total. The summed E-state index contributed by atoms with van der Waals surface area (Å²) in [5.74, 6) is 0.300. The molecule has 0 aromatic heterocycles. The summed E-state index contributed by atoms with van der Waals surface area (Å²) in [6.45, 7) is 2.57. The topological polar surface area (TPSA) is 46.3 Å². The van der Waals surface area contributed by atoms with E-state index in [9.17, 15) is 4.79 Å². The van der Waals surface area contributed by atoms with E-state index in [1.54, 1.807) is 4.90 Å². The van der Waals surface area contributed by atoms with Gasteiger partial charge in [-0.05, 0) is 24.1 Å². The predicted molar refractivity (Wildman–Crippen MR) is 60.8 cm³/mol. The van der Waals surface area contributed by atoms with Gasteiger partial charge in [0.15, 0.2) is 0 Å². The molecule has 1 aromatic carbocycles. The molecule has 2 atom stereocenters. The maximum absolute atomic E-state index is 12.0.